The number of hydrogen-bond acceptors (Lipinski definition) is 2. The fourth-order valence-corrected chi connectivity index (χ4v) is 2.98. The van der Waals surface area contributed by atoms with E-state index in [4.69, 9.17) is 0 Å². The topological polar surface area (TPSA) is 37.3 Å². The summed E-state index contributed by atoms with van der Waals surface area (Å²) in [6.07, 6.45) is 0. The molecule has 0 unspecified atom stereocenters. The third-order valence-corrected chi connectivity index (χ3v) is 4.69. The molecule has 122 valence electrons. The van der Waals surface area contributed by atoms with Gasteiger partial charge in [-0.1, -0.05) is 67.9 Å². The Hall–Kier alpha value is -1.61. The predicted octanol–water partition coefficient (Wildman–Crippen LogP) is 5.76. The van der Waals surface area contributed by atoms with E-state index in [0.29, 0.717) is 16.9 Å². The van der Waals surface area contributed by atoms with Gasteiger partial charge in [0.15, 0.2) is 5.78 Å². The van der Waals surface area contributed by atoms with Gasteiger partial charge in [-0.05, 0) is 40.7 Å². The van der Waals surface area contributed by atoms with Crippen molar-refractivity contribution in [2.75, 3.05) is 0 Å². The second-order valence-corrected chi connectivity index (χ2v) is 7.03. The third-order valence-electron chi connectivity index (χ3n) is 4.05. The van der Waals surface area contributed by atoms with Gasteiger partial charge in [-0.3, -0.25) is 4.79 Å². The highest BCUT2D eigenvalue weighted by molar-refractivity contribution is 9.08. The van der Waals surface area contributed by atoms with Crippen LogP contribution in [-0.4, -0.2) is 10.9 Å². The molecule has 0 amide bonds. The monoisotopic (exact) mass is 374 g/mol. The molecule has 0 radical (unpaired) electrons. The molecule has 0 aliphatic heterocycles. The van der Waals surface area contributed by atoms with Crippen LogP contribution in [0.4, 0.5) is 0 Å². The second kappa shape index (κ2) is 7.31. The van der Waals surface area contributed by atoms with Crippen molar-refractivity contribution in [3.05, 3.63) is 64.2 Å². The van der Waals surface area contributed by atoms with Crippen LogP contribution in [0.25, 0.3) is 0 Å². The lowest BCUT2D eigenvalue weighted by Gasteiger charge is -2.17. The molecular weight excluding hydrogens is 352 g/mol. The van der Waals surface area contributed by atoms with Crippen molar-refractivity contribution in [1.82, 2.24) is 0 Å². The fraction of sp³-hybridized carbons (Fsp3) is 0.350. The second-order valence-electron chi connectivity index (χ2n) is 6.47. The van der Waals surface area contributed by atoms with Crippen LogP contribution in [0, 0.1) is 0 Å². The average molecular weight is 375 g/mol. The Morgan fingerprint density at radius 3 is 1.83 bits per heavy atom. The number of hydrogen-bond donors (Lipinski definition) is 1. The summed E-state index contributed by atoms with van der Waals surface area (Å²) in [6.45, 7) is 8.10. The van der Waals surface area contributed by atoms with E-state index in [0.717, 1.165) is 22.0 Å². The minimum Gasteiger partial charge on any atom is -0.507 e. The third kappa shape index (κ3) is 3.84. The van der Waals surface area contributed by atoms with E-state index < -0.39 is 0 Å². The van der Waals surface area contributed by atoms with Gasteiger partial charge in [0, 0.05) is 16.5 Å². The van der Waals surface area contributed by atoms with Crippen LogP contribution in [0.1, 0.15) is 72.1 Å². The van der Waals surface area contributed by atoms with Crippen molar-refractivity contribution < 1.29 is 9.90 Å². The number of alkyl halides is 1. The first-order chi connectivity index (χ1) is 10.8. The number of halogens is 1. The molecular formula is C20H23BrO2. The molecule has 0 saturated heterocycles. The Labute approximate surface area is 146 Å². The zero-order valence-electron chi connectivity index (χ0n) is 14.1. The number of benzene rings is 2. The molecule has 23 heavy (non-hydrogen) atoms. The van der Waals surface area contributed by atoms with Crippen LogP contribution in [0.15, 0.2) is 36.4 Å². The van der Waals surface area contributed by atoms with Gasteiger partial charge in [0.2, 0.25) is 0 Å². The SMILES string of the molecule is CC(C)c1cc(C(=O)c2ccc(CBr)cc2)cc(C(C)C)c1O. The molecule has 0 saturated carbocycles. The number of aromatic hydroxyl groups is 1. The summed E-state index contributed by atoms with van der Waals surface area (Å²) in [5.41, 5.74) is 4.11. The molecule has 2 rings (SSSR count). The van der Waals surface area contributed by atoms with E-state index in [1.54, 1.807) is 0 Å². The highest BCUT2D eigenvalue weighted by atomic mass is 79.9. The Bertz CT molecular complexity index is 671. The van der Waals surface area contributed by atoms with Gasteiger partial charge in [-0.2, -0.15) is 0 Å². The molecule has 0 spiro atoms. The molecule has 0 atom stereocenters. The molecule has 1 N–H and O–H groups in total. The number of phenolic OH excluding ortho intramolecular Hbond substituents is 1. The van der Waals surface area contributed by atoms with Crippen molar-refractivity contribution in [2.24, 2.45) is 0 Å². The summed E-state index contributed by atoms with van der Waals surface area (Å²) in [6, 6.07) is 11.3. The van der Waals surface area contributed by atoms with Gasteiger partial charge in [-0.25, -0.2) is 0 Å². The number of ketones is 1. The Morgan fingerprint density at radius 1 is 0.957 bits per heavy atom. The highest BCUT2D eigenvalue weighted by Crippen LogP contribution is 2.35. The largest absolute Gasteiger partial charge is 0.507 e. The summed E-state index contributed by atoms with van der Waals surface area (Å²) in [5, 5.41) is 11.2. The maximum Gasteiger partial charge on any atom is 0.193 e. The van der Waals surface area contributed by atoms with Gasteiger partial charge < -0.3 is 5.11 Å². The van der Waals surface area contributed by atoms with Crippen molar-refractivity contribution in [2.45, 2.75) is 44.9 Å². The maximum absolute atomic E-state index is 12.8. The van der Waals surface area contributed by atoms with Crippen LogP contribution in [0.2, 0.25) is 0 Å². The van der Waals surface area contributed by atoms with E-state index in [1.165, 1.54) is 0 Å². The number of carbonyl (C=O) groups is 1. The molecule has 2 nitrogen and oxygen atoms in total. The van der Waals surface area contributed by atoms with E-state index in [9.17, 15) is 9.90 Å². The van der Waals surface area contributed by atoms with E-state index in [2.05, 4.69) is 15.9 Å². The van der Waals surface area contributed by atoms with E-state index in [1.807, 2.05) is 64.1 Å². The molecule has 3 heteroatoms. The molecule has 0 fully saturated rings. The molecule has 0 heterocycles. The average Bonchev–Trinajstić information content (AvgIpc) is 2.54. The Balaban J connectivity index is 2.50. The van der Waals surface area contributed by atoms with Crippen molar-refractivity contribution in [1.29, 1.82) is 0 Å². The van der Waals surface area contributed by atoms with Crippen LogP contribution < -0.4 is 0 Å². The highest BCUT2D eigenvalue weighted by Gasteiger charge is 2.18. The molecule has 2 aromatic carbocycles. The maximum atomic E-state index is 12.8. The van der Waals surface area contributed by atoms with Crippen LogP contribution >= 0.6 is 15.9 Å². The van der Waals surface area contributed by atoms with Crippen molar-refractivity contribution in [3.8, 4) is 5.75 Å². The van der Waals surface area contributed by atoms with Crippen molar-refractivity contribution >= 4 is 21.7 Å². The first kappa shape index (κ1) is 17.7. The van der Waals surface area contributed by atoms with Crippen molar-refractivity contribution in [3.63, 3.8) is 0 Å². The lowest BCUT2D eigenvalue weighted by atomic mass is 9.89. The standard InChI is InChI=1S/C20H23BrO2/c1-12(2)17-9-16(10-18(13(3)4)20(17)23)19(22)15-7-5-14(11-21)6-8-15/h5-10,12-13,23H,11H2,1-4H3. The van der Waals surface area contributed by atoms with Gasteiger partial charge in [0.25, 0.3) is 0 Å². The summed E-state index contributed by atoms with van der Waals surface area (Å²) in [7, 11) is 0. The van der Waals surface area contributed by atoms with E-state index >= 15 is 0 Å². The summed E-state index contributed by atoms with van der Waals surface area (Å²) in [5.74, 6) is 0.642. The zero-order chi connectivity index (χ0) is 17.1. The number of rotatable bonds is 5. The molecule has 0 aliphatic rings. The first-order valence-corrected chi connectivity index (χ1v) is 9.03. The lowest BCUT2D eigenvalue weighted by molar-refractivity contribution is 0.103. The summed E-state index contributed by atoms with van der Waals surface area (Å²) >= 11 is 3.41. The van der Waals surface area contributed by atoms with E-state index in [-0.39, 0.29) is 17.6 Å². The van der Waals surface area contributed by atoms with Gasteiger partial charge in [0.05, 0.1) is 0 Å². The summed E-state index contributed by atoms with van der Waals surface area (Å²) < 4.78 is 0. The molecule has 0 aliphatic carbocycles. The van der Waals surface area contributed by atoms with Crippen LogP contribution in [0.5, 0.6) is 5.75 Å². The van der Waals surface area contributed by atoms with Crippen LogP contribution in [-0.2, 0) is 5.33 Å². The van der Waals surface area contributed by atoms with Crippen LogP contribution in [0.3, 0.4) is 0 Å². The number of carbonyl (C=O) groups excluding carboxylic acids is 1. The summed E-state index contributed by atoms with van der Waals surface area (Å²) in [4.78, 5) is 12.8. The van der Waals surface area contributed by atoms with Gasteiger partial charge >= 0.3 is 0 Å². The molecule has 2 aromatic rings. The lowest BCUT2D eigenvalue weighted by Crippen LogP contribution is -2.06. The Morgan fingerprint density at radius 2 is 1.43 bits per heavy atom. The predicted molar refractivity (Wildman–Crippen MR) is 98.8 cm³/mol. The smallest absolute Gasteiger partial charge is 0.193 e. The minimum atomic E-state index is -0.00470. The zero-order valence-corrected chi connectivity index (χ0v) is 15.6. The van der Waals surface area contributed by atoms with Gasteiger partial charge in [-0.15, -0.1) is 0 Å². The molecule has 0 bridgehead atoms. The quantitative estimate of drug-likeness (QED) is 0.533. The first-order valence-electron chi connectivity index (χ1n) is 7.91. The molecule has 0 aromatic heterocycles. The Kier molecular flexibility index (Phi) is 5.64. The fourth-order valence-electron chi connectivity index (χ4n) is 2.60. The minimum absolute atomic E-state index is 0.00470. The number of phenols is 1. The normalized spacial score (nSPS) is 11.3. The van der Waals surface area contributed by atoms with Gasteiger partial charge in [0.1, 0.15) is 5.75 Å².